The number of phenols is 1. The van der Waals surface area contributed by atoms with Crippen molar-refractivity contribution in [3.05, 3.63) is 48.5 Å². The van der Waals surface area contributed by atoms with Crippen LogP contribution in [-0.2, 0) is 10.5 Å². The summed E-state index contributed by atoms with van der Waals surface area (Å²) in [5.74, 6) is -0.0334. The number of benzene rings is 2. The zero-order chi connectivity index (χ0) is 14.6. The van der Waals surface area contributed by atoms with Crippen LogP contribution in [0.2, 0.25) is 0 Å². The van der Waals surface area contributed by atoms with Crippen LogP contribution in [0, 0.1) is 0 Å². The van der Waals surface area contributed by atoms with E-state index in [2.05, 4.69) is 14.4 Å². The van der Waals surface area contributed by atoms with Crippen molar-refractivity contribution in [2.75, 3.05) is 0 Å². The van der Waals surface area contributed by atoms with Crippen molar-refractivity contribution in [2.24, 2.45) is 10.2 Å². The number of aromatic hydroxyl groups is 1. The van der Waals surface area contributed by atoms with E-state index in [0.29, 0.717) is 11.4 Å². The average molecular weight is 296 g/mol. The summed E-state index contributed by atoms with van der Waals surface area (Å²) in [4.78, 5) is 0. The van der Waals surface area contributed by atoms with Crippen molar-refractivity contribution >= 4 is 21.9 Å². The van der Waals surface area contributed by atoms with Gasteiger partial charge in [-0.15, -0.1) is 0 Å². The quantitative estimate of drug-likeness (QED) is 0.691. The summed E-state index contributed by atoms with van der Waals surface area (Å²) in [7, 11) is -5.03. The summed E-state index contributed by atoms with van der Waals surface area (Å²) in [6.07, 6.45) is 0. The molecule has 0 saturated carbocycles. The van der Waals surface area contributed by atoms with Gasteiger partial charge in [0.05, 0.1) is 11.4 Å². The van der Waals surface area contributed by atoms with E-state index >= 15 is 0 Å². The summed E-state index contributed by atoms with van der Waals surface area (Å²) in [5, 5.41) is 16.9. The molecule has 0 aromatic heterocycles. The molecule has 2 rings (SSSR count). The van der Waals surface area contributed by atoms with Gasteiger partial charge in [-0.1, -0.05) is 3.89 Å². The van der Waals surface area contributed by atoms with Crippen LogP contribution in [-0.4, -0.2) is 13.5 Å². The van der Waals surface area contributed by atoms with E-state index in [1.807, 2.05) is 0 Å². The number of nitrogens with zero attached hydrogens (tertiary/aromatic N) is 2. The second kappa shape index (κ2) is 5.66. The molecule has 1 N–H and O–H groups in total. The Labute approximate surface area is 114 Å². The van der Waals surface area contributed by atoms with Crippen molar-refractivity contribution < 1.29 is 21.6 Å². The van der Waals surface area contributed by atoms with Crippen LogP contribution in [0.5, 0.6) is 11.5 Å². The summed E-state index contributed by atoms with van der Waals surface area (Å²) in [5.41, 5.74) is 0.969. The molecule has 0 heterocycles. The van der Waals surface area contributed by atoms with Crippen LogP contribution < -0.4 is 4.18 Å². The smallest absolute Gasteiger partial charge is 0.488 e. The van der Waals surface area contributed by atoms with Crippen LogP contribution in [0.1, 0.15) is 0 Å². The van der Waals surface area contributed by atoms with E-state index in [-0.39, 0.29) is 11.5 Å². The Morgan fingerprint density at radius 2 is 1.35 bits per heavy atom. The van der Waals surface area contributed by atoms with Crippen molar-refractivity contribution in [3.8, 4) is 11.5 Å². The largest absolute Gasteiger partial charge is 0.508 e. The van der Waals surface area contributed by atoms with Crippen molar-refractivity contribution in [1.29, 1.82) is 0 Å². The molecule has 6 nitrogen and oxygen atoms in total. The second-order valence-electron chi connectivity index (χ2n) is 3.69. The highest BCUT2D eigenvalue weighted by molar-refractivity contribution is 7.81. The first-order chi connectivity index (χ1) is 9.42. The fraction of sp³-hybridized carbons (Fsp3) is 0. The average Bonchev–Trinajstić information content (AvgIpc) is 2.38. The summed E-state index contributed by atoms with van der Waals surface area (Å²) >= 11 is 0. The van der Waals surface area contributed by atoms with E-state index in [9.17, 15) is 12.3 Å². The lowest BCUT2D eigenvalue weighted by Crippen LogP contribution is -2.00. The van der Waals surface area contributed by atoms with Crippen LogP contribution in [0.4, 0.5) is 15.3 Å². The molecule has 8 heteroatoms. The van der Waals surface area contributed by atoms with Gasteiger partial charge < -0.3 is 9.29 Å². The number of halogens is 1. The summed E-state index contributed by atoms with van der Waals surface area (Å²) in [6.45, 7) is 0. The van der Waals surface area contributed by atoms with Gasteiger partial charge in [0.15, 0.2) is 0 Å². The molecule has 20 heavy (non-hydrogen) atoms. The molecule has 2 aromatic rings. The van der Waals surface area contributed by atoms with Gasteiger partial charge >= 0.3 is 10.5 Å². The maximum absolute atomic E-state index is 12.3. The lowest BCUT2D eigenvalue weighted by atomic mass is 10.3. The molecule has 0 spiro atoms. The highest BCUT2D eigenvalue weighted by atomic mass is 32.3. The number of phenolic OH excluding ortho intramolecular Hbond substituents is 1. The fourth-order valence-corrected chi connectivity index (χ4v) is 1.66. The minimum atomic E-state index is -5.03. The molecule has 2 aromatic carbocycles. The van der Waals surface area contributed by atoms with E-state index in [0.717, 1.165) is 0 Å². The molecule has 0 bridgehead atoms. The van der Waals surface area contributed by atoms with Crippen LogP contribution in [0.25, 0.3) is 0 Å². The lowest BCUT2D eigenvalue weighted by Gasteiger charge is -1.99. The predicted molar refractivity (Wildman–Crippen MR) is 69.4 cm³/mol. The number of hydrogen-bond acceptors (Lipinski definition) is 6. The van der Waals surface area contributed by atoms with Gasteiger partial charge in [0.1, 0.15) is 11.5 Å². The Bertz CT molecular complexity index is 712. The zero-order valence-corrected chi connectivity index (χ0v) is 10.8. The molecule has 104 valence electrons. The molecule has 0 aliphatic heterocycles. The van der Waals surface area contributed by atoms with Crippen LogP contribution >= 0.6 is 0 Å². The topological polar surface area (TPSA) is 88.3 Å². The third kappa shape index (κ3) is 4.32. The summed E-state index contributed by atoms with van der Waals surface area (Å²) < 4.78 is 36.8. The molecule has 0 fully saturated rings. The third-order valence-corrected chi connectivity index (χ3v) is 2.55. The summed E-state index contributed by atoms with van der Waals surface area (Å²) in [6, 6.07) is 11.4. The first kappa shape index (κ1) is 13.9. The van der Waals surface area contributed by atoms with Crippen molar-refractivity contribution in [3.63, 3.8) is 0 Å². The maximum atomic E-state index is 12.3. The Kier molecular flexibility index (Phi) is 3.94. The second-order valence-corrected chi connectivity index (χ2v) is 4.64. The van der Waals surface area contributed by atoms with E-state index in [1.165, 1.54) is 36.4 Å². The standard InChI is InChI=1S/C12H9FN2O4S/c13-20(17,18)19-12-7-3-10(4-8-12)15-14-9-1-5-11(16)6-2-9/h1-8,16H/b15-14+. The van der Waals surface area contributed by atoms with Gasteiger partial charge in [0.2, 0.25) is 0 Å². The first-order valence-electron chi connectivity index (χ1n) is 5.37. The molecule has 0 unspecified atom stereocenters. The Morgan fingerprint density at radius 1 is 0.900 bits per heavy atom. The Hall–Kier alpha value is -2.48. The molecule has 0 saturated heterocycles. The Morgan fingerprint density at radius 3 is 1.80 bits per heavy atom. The maximum Gasteiger partial charge on any atom is 0.488 e. The molecular formula is C12H9FN2O4S. The lowest BCUT2D eigenvalue weighted by molar-refractivity contribution is 0.440. The molecule has 0 amide bonds. The van der Waals surface area contributed by atoms with Crippen LogP contribution in [0.15, 0.2) is 58.8 Å². The van der Waals surface area contributed by atoms with Gasteiger partial charge in [0, 0.05) is 0 Å². The first-order valence-corrected chi connectivity index (χ1v) is 6.68. The van der Waals surface area contributed by atoms with Crippen molar-refractivity contribution in [2.45, 2.75) is 0 Å². The van der Waals surface area contributed by atoms with E-state index < -0.39 is 10.5 Å². The minimum absolute atomic E-state index is 0.123. The normalized spacial score (nSPS) is 11.7. The fourth-order valence-electron chi connectivity index (χ4n) is 1.32. The van der Waals surface area contributed by atoms with Gasteiger partial charge in [-0.25, -0.2) is 0 Å². The highest BCUT2D eigenvalue weighted by Gasteiger charge is 2.08. The van der Waals surface area contributed by atoms with E-state index in [4.69, 9.17) is 5.11 Å². The number of azo groups is 1. The Balaban J connectivity index is 2.09. The molecule has 0 radical (unpaired) electrons. The number of rotatable bonds is 4. The van der Waals surface area contributed by atoms with E-state index in [1.54, 1.807) is 12.1 Å². The monoisotopic (exact) mass is 296 g/mol. The molecular weight excluding hydrogens is 287 g/mol. The van der Waals surface area contributed by atoms with Crippen LogP contribution in [0.3, 0.4) is 0 Å². The SMILES string of the molecule is O=S(=O)(F)Oc1ccc(/N=N/c2ccc(O)cc2)cc1. The van der Waals surface area contributed by atoms with Gasteiger partial charge in [-0.05, 0) is 48.5 Å². The predicted octanol–water partition coefficient (Wildman–Crippen LogP) is 3.40. The molecule has 0 atom stereocenters. The highest BCUT2D eigenvalue weighted by Crippen LogP contribution is 2.23. The van der Waals surface area contributed by atoms with Crippen molar-refractivity contribution in [1.82, 2.24) is 0 Å². The molecule has 0 aliphatic rings. The van der Waals surface area contributed by atoms with Gasteiger partial charge in [-0.2, -0.15) is 18.6 Å². The number of hydrogen-bond donors (Lipinski definition) is 1. The van der Waals surface area contributed by atoms with Gasteiger partial charge in [-0.3, -0.25) is 0 Å². The zero-order valence-electron chi connectivity index (χ0n) is 9.97. The van der Waals surface area contributed by atoms with Gasteiger partial charge in [0.25, 0.3) is 0 Å². The molecule has 0 aliphatic carbocycles. The third-order valence-electron chi connectivity index (χ3n) is 2.16. The minimum Gasteiger partial charge on any atom is -0.508 e.